The summed E-state index contributed by atoms with van der Waals surface area (Å²) in [4.78, 5) is 27.5. The molecule has 0 aliphatic carbocycles. The standard InChI is InChI=1S/C14H13N3O3/c1-14(2)7-10(9-5-6-15-8-11(9)20-14)17-13(19)4-3-12(18)16-17/h3-8H,1-2H3,(H,16,18). The fraction of sp³-hybridized carbons (Fsp3) is 0.214. The molecule has 2 aromatic heterocycles. The molecule has 102 valence electrons. The van der Waals surface area contributed by atoms with E-state index in [1.54, 1.807) is 24.5 Å². The third-order valence-electron chi connectivity index (χ3n) is 2.98. The van der Waals surface area contributed by atoms with Crippen LogP contribution in [-0.4, -0.2) is 20.4 Å². The van der Waals surface area contributed by atoms with Crippen LogP contribution in [0.5, 0.6) is 5.75 Å². The summed E-state index contributed by atoms with van der Waals surface area (Å²) in [7, 11) is 0. The summed E-state index contributed by atoms with van der Waals surface area (Å²) in [6.07, 6.45) is 5.00. The van der Waals surface area contributed by atoms with Crippen LogP contribution in [0.4, 0.5) is 0 Å². The van der Waals surface area contributed by atoms with Gasteiger partial charge in [0.1, 0.15) is 11.4 Å². The summed E-state index contributed by atoms with van der Waals surface area (Å²) >= 11 is 0. The minimum absolute atomic E-state index is 0.309. The number of hydrogen-bond donors (Lipinski definition) is 1. The second-order valence-corrected chi connectivity index (χ2v) is 5.09. The first-order chi connectivity index (χ1) is 9.46. The number of fused-ring (bicyclic) bond motifs is 1. The predicted octanol–water partition coefficient (Wildman–Crippen LogP) is 0.992. The monoisotopic (exact) mass is 271 g/mol. The maximum Gasteiger partial charge on any atom is 0.269 e. The molecule has 0 saturated carbocycles. The van der Waals surface area contributed by atoms with Gasteiger partial charge in [-0.15, -0.1) is 0 Å². The van der Waals surface area contributed by atoms with E-state index in [1.807, 2.05) is 13.8 Å². The van der Waals surface area contributed by atoms with Gasteiger partial charge in [-0.05, 0) is 26.0 Å². The van der Waals surface area contributed by atoms with Crippen molar-refractivity contribution in [3.63, 3.8) is 0 Å². The number of ether oxygens (including phenoxy) is 1. The van der Waals surface area contributed by atoms with Gasteiger partial charge in [0.15, 0.2) is 0 Å². The lowest BCUT2D eigenvalue weighted by Gasteiger charge is -2.30. The Morgan fingerprint density at radius 2 is 2.05 bits per heavy atom. The van der Waals surface area contributed by atoms with E-state index in [0.717, 1.165) is 0 Å². The fourth-order valence-electron chi connectivity index (χ4n) is 2.18. The van der Waals surface area contributed by atoms with E-state index in [-0.39, 0.29) is 11.1 Å². The number of nitrogens with zero attached hydrogens (tertiary/aromatic N) is 2. The third-order valence-corrected chi connectivity index (χ3v) is 2.98. The van der Waals surface area contributed by atoms with Gasteiger partial charge in [0, 0.05) is 23.9 Å². The fourth-order valence-corrected chi connectivity index (χ4v) is 2.18. The van der Waals surface area contributed by atoms with Crippen LogP contribution in [0.1, 0.15) is 19.4 Å². The Morgan fingerprint density at radius 1 is 1.25 bits per heavy atom. The van der Waals surface area contributed by atoms with Crippen molar-refractivity contribution in [3.05, 3.63) is 62.9 Å². The third kappa shape index (κ3) is 2.05. The molecule has 6 nitrogen and oxygen atoms in total. The van der Waals surface area contributed by atoms with Gasteiger partial charge < -0.3 is 4.74 Å². The molecule has 0 spiro atoms. The van der Waals surface area contributed by atoms with E-state index >= 15 is 0 Å². The van der Waals surface area contributed by atoms with Crippen molar-refractivity contribution in [2.24, 2.45) is 0 Å². The Hall–Kier alpha value is -2.63. The van der Waals surface area contributed by atoms with Crippen molar-refractivity contribution >= 4 is 5.70 Å². The van der Waals surface area contributed by atoms with E-state index in [2.05, 4.69) is 10.1 Å². The normalized spacial score (nSPS) is 16.0. The number of aromatic amines is 1. The van der Waals surface area contributed by atoms with Crippen LogP contribution in [0.3, 0.4) is 0 Å². The number of pyridine rings is 1. The van der Waals surface area contributed by atoms with Gasteiger partial charge in [0.2, 0.25) is 0 Å². The lowest BCUT2D eigenvalue weighted by Crippen LogP contribution is -2.34. The topological polar surface area (TPSA) is 77.0 Å². The van der Waals surface area contributed by atoms with Crippen LogP contribution in [0.2, 0.25) is 0 Å². The van der Waals surface area contributed by atoms with Gasteiger partial charge in [0.05, 0.1) is 11.9 Å². The van der Waals surface area contributed by atoms with Crippen LogP contribution in [0.15, 0.2) is 46.3 Å². The van der Waals surface area contributed by atoms with Crippen molar-refractivity contribution < 1.29 is 4.74 Å². The van der Waals surface area contributed by atoms with E-state index in [4.69, 9.17) is 4.74 Å². The van der Waals surface area contributed by atoms with Gasteiger partial charge >= 0.3 is 0 Å². The van der Waals surface area contributed by atoms with Crippen molar-refractivity contribution in [1.29, 1.82) is 0 Å². The number of nitrogens with one attached hydrogen (secondary N) is 1. The Bertz CT molecular complexity index is 815. The molecule has 0 amide bonds. The molecule has 2 aromatic rings. The lowest BCUT2D eigenvalue weighted by atomic mass is 10.0. The molecule has 20 heavy (non-hydrogen) atoms. The van der Waals surface area contributed by atoms with Crippen LogP contribution in [0, 0.1) is 0 Å². The van der Waals surface area contributed by atoms with Crippen molar-refractivity contribution in [3.8, 4) is 5.75 Å². The average Bonchev–Trinajstić information content (AvgIpc) is 2.39. The lowest BCUT2D eigenvalue weighted by molar-refractivity contribution is 0.156. The quantitative estimate of drug-likeness (QED) is 0.839. The number of aromatic nitrogens is 3. The molecule has 3 heterocycles. The second kappa shape index (κ2) is 4.19. The molecule has 0 fully saturated rings. The molecule has 1 aliphatic heterocycles. The van der Waals surface area contributed by atoms with Gasteiger partial charge in [-0.3, -0.25) is 19.7 Å². The molecule has 0 bridgehead atoms. The van der Waals surface area contributed by atoms with E-state index in [9.17, 15) is 9.59 Å². The predicted molar refractivity (Wildman–Crippen MR) is 73.6 cm³/mol. The molecule has 3 rings (SSSR count). The summed E-state index contributed by atoms with van der Waals surface area (Å²) in [6.45, 7) is 3.74. The molecular weight excluding hydrogens is 258 g/mol. The molecule has 0 unspecified atom stereocenters. The Balaban J connectivity index is 2.30. The SMILES string of the molecule is CC1(C)C=C(n2[nH]c(=O)ccc2=O)c2ccncc2O1. The zero-order chi connectivity index (χ0) is 14.3. The van der Waals surface area contributed by atoms with Crippen molar-refractivity contribution in [2.45, 2.75) is 19.4 Å². The van der Waals surface area contributed by atoms with Crippen LogP contribution >= 0.6 is 0 Å². The summed E-state index contributed by atoms with van der Waals surface area (Å²) in [5.74, 6) is 0.576. The zero-order valence-corrected chi connectivity index (χ0v) is 11.1. The first kappa shape index (κ1) is 12.4. The van der Waals surface area contributed by atoms with Gasteiger partial charge in [-0.25, -0.2) is 4.68 Å². The largest absolute Gasteiger partial charge is 0.481 e. The maximum atomic E-state index is 12.0. The van der Waals surface area contributed by atoms with Crippen LogP contribution in [-0.2, 0) is 0 Å². The second-order valence-electron chi connectivity index (χ2n) is 5.09. The summed E-state index contributed by atoms with van der Waals surface area (Å²) in [5, 5.41) is 2.53. The van der Waals surface area contributed by atoms with Crippen molar-refractivity contribution in [1.82, 2.24) is 14.8 Å². The molecule has 0 radical (unpaired) electrons. The molecule has 1 aliphatic rings. The van der Waals surface area contributed by atoms with Gasteiger partial charge in [0.25, 0.3) is 11.1 Å². The highest BCUT2D eigenvalue weighted by Crippen LogP contribution is 2.34. The van der Waals surface area contributed by atoms with Crippen molar-refractivity contribution in [2.75, 3.05) is 0 Å². The van der Waals surface area contributed by atoms with Gasteiger partial charge in [-0.2, -0.15) is 0 Å². The molecular formula is C14H13N3O3. The molecule has 0 aromatic carbocycles. The number of hydrogen-bond acceptors (Lipinski definition) is 4. The van der Waals surface area contributed by atoms with E-state index in [0.29, 0.717) is 17.0 Å². The first-order valence-corrected chi connectivity index (χ1v) is 6.15. The molecule has 6 heteroatoms. The highest BCUT2D eigenvalue weighted by molar-refractivity contribution is 5.72. The van der Waals surface area contributed by atoms with E-state index in [1.165, 1.54) is 16.8 Å². The highest BCUT2D eigenvalue weighted by Gasteiger charge is 2.28. The Labute approximate surface area is 114 Å². The number of rotatable bonds is 1. The van der Waals surface area contributed by atoms with Gasteiger partial charge in [-0.1, -0.05) is 0 Å². The smallest absolute Gasteiger partial charge is 0.269 e. The summed E-state index contributed by atoms with van der Waals surface area (Å²) < 4.78 is 7.02. The maximum absolute atomic E-state index is 12.0. The molecule has 0 atom stereocenters. The Kier molecular flexibility index (Phi) is 2.60. The zero-order valence-electron chi connectivity index (χ0n) is 11.1. The molecule has 0 saturated heterocycles. The summed E-state index contributed by atoms with van der Waals surface area (Å²) in [5.41, 5.74) is 0.0451. The minimum Gasteiger partial charge on any atom is -0.481 e. The minimum atomic E-state index is -0.600. The van der Waals surface area contributed by atoms with E-state index < -0.39 is 5.60 Å². The van der Waals surface area contributed by atoms with Crippen LogP contribution < -0.4 is 15.9 Å². The average molecular weight is 271 g/mol. The highest BCUT2D eigenvalue weighted by atomic mass is 16.5. The Morgan fingerprint density at radius 3 is 2.85 bits per heavy atom. The molecule has 1 N–H and O–H groups in total. The number of H-pyrrole nitrogens is 1. The first-order valence-electron chi connectivity index (χ1n) is 6.15. The summed E-state index contributed by atoms with van der Waals surface area (Å²) in [6, 6.07) is 4.19. The van der Waals surface area contributed by atoms with Crippen LogP contribution in [0.25, 0.3) is 5.70 Å².